The molecular weight excluding hydrogens is 282 g/mol. The highest BCUT2D eigenvalue weighted by atomic mass is 16.5. The van der Waals surface area contributed by atoms with Crippen LogP contribution in [0.15, 0.2) is 24.3 Å². The van der Waals surface area contributed by atoms with Gasteiger partial charge in [-0.1, -0.05) is 26.3 Å². The van der Waals surface area contributed by atoms with Crippen molar-refractivity contribution in [3.05, 3.63) is 29.8 Å². The molecule has 2 atom stereocenters. The van der Waals surface area contributed by atoms with Gasteiger partial charge in [-0.05, 0) is 24.1 Å². The summed E-state index contributed by atoms with van der Waals surface area (Å²) >= 11 is 0. The summed E-state index contributed by atoms with van der Waals surface area (Å²) in [6.07, 6.45) is 0.848. The van der Waals surface area contributed by atoms with Gasteiger partial charge in [-0.3, -0.25) is 9.59 Å². The SMILES string of the molecule is CCC(C)C(N)C(=O)NCCNC(=O)c1cccc(OC)c1. The molecule has 1 rings (SSSR count). The molecule has 0 fully saturated rings. The molecule has 0 aliphatic rings. The van der Waals surface area contributed by atoms with Crippen molar-refractivity contribution in [1.82, 2.24) is 10.6 Å². The van der Waals surface area contributed by atoms with Gasteiger partial charge < -0.3 is 21.1 Å². The Morgan fingerprint density at radius 2 is 1.95 bits per heavy atom. The van der Waals surface area contributed by atoms with Crippen LogP contribution in [-0.2, 0) is 4.79 Å². The zero-order valence-corrected chi connectivity index (χ0v) is 13.4. The maximum Gasteiger partial charge on any atom is 0.251 e. The Balaban J connectivity index is 2.35. The summed E-state index contributed by atoms with van der Waals surface area (Å²) < 4.78 is 5.07. The molecular formula is C16H25N3O3. The number of carbonyl (C=O) groups is 2. The molecule has 2 unspecified atom stereocenters. The average Bonchev–Trinajstić information content (AvgIpc) is 2.56. The molecule has 0 spiro atoms. The van der Waals surface area contributed by atoms with Crippen LogP contribution < -0.4 is 21.1 Å². The first kappa shape index (κ1) is 18.0. The molecule has 0 saturated heterocycles. The molecule has 122 valence electrons. The van der Waals surface area contributed by atoms with Gasteiger partial charge in [0, 0.05) is 18.7 Å². The number of amides is 2. The van der Waals surface area contributed by atoms with Gasteiger partial charge in [-0.2, -0.15) is 0 Å². The minimum atomic E-state index is -0.515. The first-order valence-electron chi connectivity index (χ1n) is 7.45. The molecule has 4 N–H and O–H groups in total. The van der Waals surface area contributed by atoms with Gasteiger partial charge >= 0.3 is 0 Å². The minimum absolute atomic E-state index is 0.131. The number of methoxy groups -OCH3 is 1. The van der Waals surface area contributed by atoms with Gasteiger partial charge in [0.15, 0.2) is 0 Å². The Hall–Kier alpha value is -2.08. The monoisotopic (exact) mass is 307 g/mol. The van der Waals surface area contributed by atoms with E-state index in [2.05, 4.69) is 10.6 Å². The Labute approximate surface area is 131 Å². The normalized spacial score (nSPS) is 13.1. The van der Waals surface area contributed by atoms with Crippen LogP contribution in [0.2, 0.25) is 0 Å². The summed E-state index contributed by atoms with van der Waals surface area (Å²) in [5.74, 6) is 0.358. The Morgan fingerprint density at radius 3 is 2.59 bits per heavy atom. The summed E-state index contributed by atoms with van der Waals surface area (Å²) in [5, 5.41) is 5.46. The molecule has 0 bridgehead atoms. The molecule has 0 aliphatic carbocycles. The predicted octanol–water partition coefficient (Wildman–Crippen LogP) is 0.915. The number of nitrogens with one attached hydrogen (secondary N) is 2. The third-order valence-corrected chi connectivity index (χ3v) is 3.60. The maximum absolute atomic E-state index is 11.9. The smallest absolute Gasteiger partial charge is 0.251 e. The molecule has 6 heteroatoms. The van der Waals surface area contributed by atoms with E-state index in [0.717, 1.165) is 6.42 Å². The van der Waals surface area contributed by atoms with Crippen molar-refractivity contribution in [3.63, 3.8) is 0 Å². The summed E-state index contributed by atoms with van der Waals surface area (Å²) in [4.78, 5) is 23.7. The van der Waals surface area contributed by atoms with Gasteiger partial charge in [0.25, 0.3) is 5.91 Å². The van der Waals surface area contributed by atoms with Crippen molar-refractivity contribution < 1.29 is 14.3 Å². The number of nitrogens with two attached hydrogens (primary N) is 1. The Kier molecular flexibility index (Phi) is 7.39. The number of ether oxygens (including phenoxy) is 1. The highest BCUT2D eigenvalue weighted by Gasteiger charge is 2.18. The van der Waals surface area contributed by atoms with Gasteiger partial charge in [0.1, 0.15) is 5.75 Å². The Morgan fingerprint density at radius 1 is 1.27 bits per heavy atom. The van der Waals surface area contributed by atoms with Crippen LogP contribution in [-0.4, -0.2) is 38.1 Å². The second kappa shape index (κ2) is 9.04. The third kappa shape index (κ3) is 5.37. The second-order valence-electron chi connectivity index (χ2n) is 5.19. The highest BCUT2D eigenvalue weighted by molar-refractivity contribution is 5.94. The predicted molar refractivity (Wildman–Crippen MR) is 85.8 cm³/mol. The van der Waals surface area contributed by atoms with Crippen LogP contribution in [0.1, 0.15) is 30.6 Å². The van der Waals surface area contributed by atoms with Gasteiger partial charge in [0.2, 0.25) is 5.91 Å². The largest absolute Gasteiger partial charge is 0.497 e. The van der Waals surface area contributed by atoms with Crippen molar-refractivity contribution >= 4 is 11.8 Å². The standard InChI is InChI=1S/C16H25N3O3/c1-4-11(2)14(17)16(21)19-9-8-18-15(20)12-6-5-7-13(10-12)22-3/h5-7,10-11,14H,4,8-9,17H2,1-3H3,(H,18,20)(H,19,21). The van der Waals surface area contributed by atoms with Crippen molar-refractivity contribution in [2.24, 2.45) is 11.7 Å². The lowest BCUT2D eigenvalue weighted by Gasteiger charge is -2.17. The van der Waals surface area contributed by atoms with Gasteiger partial charge in [0.05, 0.1) is 13.2 Å². The number of hydrogen-bond acceptors (Lipinski definition) is 4. The summed E-state index contributed by atoms with van der Waals surface area (Å²) in [7, 11) is 1.55. The van der Waals surface area contributed by atoms with E-state index in [1.165, 1.54) is 0 Å². The molecule has 0 radical (unpaired) electrons. The lowest BCUT2D eigenvalue weighted by Crippen LogP contribution is -2.46. The zero-order chi connectivity index (χ0) is 16.5. The van der Waals surface area contributed by atoms with Gasteiger partial charge in [-0.15, -0.1) is 0 Å². The lowest BCUT2D eigenvalue weighted by atomic mass is 9.99. The van der Waals surface area contributed by atoms with Gasteiger partial charge in [-0.25, -0.2) is 0 Å². The first-order chi connectivity index (χ1) is 10.5. The van der Waals surface area contributed by atoms with E-state index in [0.29, 0.717) is 24.4 Å². The van der Waals surface area contributed by atoms with Crippen LogP contribution in [0, 0.1) is 5.92 Å². The quantitative estimate of drug-likeness (QED) is 0.622. The molecule has 1 aromatic rings. The van der Waals surface area contributed by atoms with Crippen molar-refractivity contribution in [2.75, 3.05) is 20.2 Å². The van der Waals surface area contributed by atoms with Crippen molar-refractivity contribution in [1.29, 1.82) is 0 Å². The fourth-order valence-electron chi connectivity index (χ4n) is 1.86. The minimum Gasteiger partial charge on any atom is -0.497 e. The van der Waals surface area contributed by atoms with E-state index in [4.69, 9.17) is 10.5 Å². The molecule has 0 aliphatic heterocycles. The van der Waals surface area contributed by atoms with E-state index in [1.54, 1.807) is 31.4 Å². The molecule has 0 heterocycles. The molecule has 6 nitrogen and oxygen atoms in total. The molecule has 0 aromatic heterocycles. The van der Waals surface area contributed by atoms with E-state index < -0.39 is 6.04 Å². The molecule has 0 saturated carbocycles. The number of benzene rings is 1. The van der Waals surface area contributed by atoms with E-state index in [9.17, 15) is 9.59 Å². The number of carbonyl (C=O) groups excluding carboxylic acids is 2. The van der Waals surface area contributed by atoms with Crippen LogP contribution in [0.3, 0.4) is 0 Å². The fraction of sp³-hybridized carbons (Fsp3) is 0.500. The zero-order valence-electron chi connectivity index (χ0n) is 13.4. The summed E-state index contributed by atoms with van der Waals surface area (Å²) in [5.41, 5.74) is 6.34. The molecule has 1 aromatic carbocycles. The van der Waals surface area contributed by atoms with E-state index >= 15 is 0 Å². The lowest BCUT2D eigenvalue weighted by molar-refractivity contribution is -0.123. The average molecular weight is 307 g/mol. The second-order valence-corrected chi connectivity index (χ2v) is 5.19. The topological polar surface area (TPSA) is 93.5 Å². The van der Waals surface area contributed by atoms with E-state index in [-0.39, 0.29) is 17.7 Å². The van der Waals surface area contributed by atoms with Crippen LogP contribution in [0.5, 0.6) is 5.75 Å². The highest BCUT2D eigenvalue weighted by Crippen LogP contribution is 2.12. The van der Waals surface area contributed by atoms with Crippen molar-refractivity contribution in [2.45, 2.75) is 26.3 Å². The number of rotatable bonds is 8. The summed E-state index contributed by atoms with van der Waals surface area (Å²) in [6, 6.07) is 6.37. The van der Waals surface area contributed by atoms with Crippen LogP contribution in [0.4, 0.5) is 0 Å². The first-order valence-corrected chi connectivity index (χ1v) is 7.45. The fourth-order valence-corrected chi connectivity index (χ4v) is 1.86. The van der Waals surface area contributed by atoms with Crippen LogP contribution in [0.25, 0.3) is 0 Å². The summed E-state index contributed by atoms with van der Waals surface area (Å²) in [6.45, 7) is 4.62. The Bertz CT molecular complexity index is 505. The van der Waals surface area contributed by atoms with Crippen molar-refractivity contribution in [3.8, 4) is 5.75 Å². The third-order valence-electron chi connectivity index (χ3n) is 3.60. The number of hydrogen-bond donors (Lipinski definition) is 3. The van der Waals surface area contributed by atoms with Crippen LogP contribution >= 0.6 is 0 Å². The van der Waals surface area contributed by atoms with E-state index in [1.807, 2.05) is 13.8 Å². The molecule has 22 heavy (non-hydrogen) atoms. The maximum atomic E-state index is 11.9. The molecule has 2 amide bonds.